The van der Waals surface area contributed by atoms with Gasteiger partial charge in [0, 0.05) is 23.0 Å². The number of nitrogens with zero attached hydrogens (tertiary/aromatic N) is 1. The number of carbonyl (C=O) groups is 1. The summed E-state index contributed by atoms with van der Waals surface area (Å²) in [5.74, 6) is -0.199. The van der Waals surface area contributed by atoms with Crippen molar-refractivity contribution in [3.05, 3.63) is 56.7 Å². The normalized spacial score (nSPS) is 15.8. The molecule has 2 aromatic rings. The quantitative estimate of drug-likeness (QED) is 0.543. The van der Waals surface area contributed by atoms with Gasteiger partial charge in [-0.05, 0) is 41.5 Å². The summed E-state index contributed by atoms with van der Waals surface area (Å²) in [5, 5.41) is 2.74. The van der Waals surface area contributed by atoms with Gasteiger partial charge in [0.05, 0.1) is 6.61 Å². The molecule has 3 nitrogen and oxygen atoms in total. The molecule has 5 heteroatoms. The molecule has 3 rings (SSSR count). The first-order valence-electron chi connectivity index (χ1n) is 8.41. The second kappa shape index (κ2) is 8.15. The van der Waals surface area contributed by atoms with E-state index in [1.54, 1.807) is 11.3 Å². The molecule has 0 bridgehead atoms. The number of carbonyl (C=O) groups excluding carboxylic acids is 1. The highest BCUT2D eigenvalue weighted by Crippen LogP contribution is 2.34. The van der Waals surface area contributed by atoms with Crippen LogP contribution in [0, 0.1) is 0 Å². The number of fused-ring (bicyclic) bond motifs is 1. The molecule has 0 N–H and O–H groups in total. The third-order valence-electron chi connectivity index (χ3n) is 4.37. The van der Waals surface area contributed by atoms with Crippen LogP contribution >= 0.6 is 22.9 Å². The van der Waals surface area contributed by atoms with Crippen molar-refractivity contribution in [1.29, 1.82) is 0 Å². The Balaban J connectivity index is 1.85. The molecule has 128 valence electrons. The van der Waals surface area contributed by atoms with Crippen molar-refractivity contribution >= 4 is 28.9 Å². The highest BCUT2D eigenvalue weighted by atomic mass is 35.5. The molecule has 1 aliphatic heterocycles. The zero-order chi connectivity index (χ0) is 16.9. The maximum absolute atomic E-state index is 12.8. The van der Waals surface area contributed by atoms with Crippen LogP contribution in [0.3, 0.4) is 0 Å². The highest BCUT2D eigenvalue weighted by Gasteiger charge is 2.33. The van der Waals surface area contributed by atoms with Crippen molar-refractivity contribution < 1.29 is 9.53 Å². The summed E-state index contributed by atoms with van der Waals surface area (Å²) >= 11 is 8.18. The second-order valence-corrected chi connectivity index (χ2v) is 7.44. The Bertz CT molecular complexity index is 700. The van der Waals surface area contributed by atoms with Crippen LogP contribution in [-0.2, 0) is 22.5 Å². The number of benzene rings is 1. The van der Waals surface area contributed by atoms with Gasteiger partial charge in [0.2, 0.25) is 0 Å². The average Bonchev–Trinajstić information content (AvgIpc) is 3.05. The predicted molar refractivity (Wildman–Crippen MR) is 98.5 cm³/mol. The minimum atomic E-state index is -0.441. The van der Waals surface area contributed by atoms with Gasteiger partial charge in [-0.3, -0.25) is 4.90 Å². The number of esters is 1. The highest BCUT2D eigenvalue weighted by molar-refractivity contribution is 7.10. The molecule has 0 amide bonds. The summed E-state index contributed by atoms with van der Waals surface area (Å²) in [6.07, 6.45) is 2.86. The lowest BCUT2D eigenvalue weighted by molar-refractivity contribution is -0.151. The number of ether oxygens (including phenoxy) is 1. The molecule has 0 radical (unpaired) electrons. The van der Waals surface area contributed by atoms with Crippen LogP contribution < -0.4 is 0 Å². The van der Waals surface area contributed by atoms with Crippen molar-refractivity contribution in [1.82, 2.24) is 4.90 Å². The molecule has 1 aromatic carbocycles. The second-order valence-electron chi connectivity index (χ2n) is 6.03. The number of hydrogen-bond donors (Lipinski definition) is 0. The topological polar surface area (TPSA) is 29.5 Å². The third-order valence-corrected chi connectivity index (χ3v) is 5.73. The Kier molecular flexibility index (Phi) is 5.93. The van der Waals surface area contributed by atoms with Gasteiger partial charge in [-0.1, -0.05) is 43.1 Å². The average molecular weight is 364 g/mol. The molecular weight excluding hydrogens is 342 g/mol. The summed E-state index contributed by atoms with van der Waals surface area (Å²) in [7, 11) is 0. The molecule has 0 saturated carbocycles. The molecular formula is C19H22ClNO2S. The number of hydrogen-bond acceptors (Lipinski definition) is 4. The van der Waals surface area contributed by atoms with E-state index in [9.17, 15) is 4.79 Å². The first kappa shape index (κ1) is 17.5. The van der Waals surface area contributed by atoms with Crippen LogP contribution in [0.25, 0.3) is 0 Å². The summed E-state index contributed by atoms with van der Waals surface area (Å²) in [5.41, 5.74) is 2.14. The maximum Gasteiger partial charge on any atom is 0.328 e. The van der Waals surface area contributed by atoms with E-state index >= 15 is 0 Å². The Morgan fingerprint density at radius 2 is 2.21 bits per heavy atom. The van der Waals surface area contributed by atoms with Crippen molar-refractivity contribution in [3.8, 4) is 0 Å². The van der Waals surface area contributed by atoms with Gasteiger partial charge in [0.25, 0.3) is 0 Å². The lowest BCUT2D eigenvalue weighted by atomic mass is 10.0. The van der Waals surface area contributed by atoms with Gasteiger partial charge in [-0.15, -0.1) is 11.3 Å². The van der Waals surface area contributed by atoms with E-state index in [4.69, 9.17) is 16.3 Å². The standard InChI is InChI=1S/C19H22ClNO2S/c1-2-3-11-23-19(22)18(15-6-4-5-7-16(15)20)21-10-8-17-14(13-21)9-12-24-17/h4-7,9,12,18H,2-3,8,10-11,13H2,1H3/t18-/m0/s1. The Morgan fingerprint density at radius 3 is 3.00 bits per heavy atom. The molecule has 0 saturated heterocycles. The molecule has 1 aliphatic rings. The first-order chi connectivity index (χ1) is 11.7. The van der Waals surface area contributed by atoms with E-state index in [2.05, 4.69) is 23.3 Å². The lowest BCUT2D eigenvalue weighted by Crippen LogP contribution is -2.38. The van der Waals surface area contributed by atoms with Crippen molar-refractivity contribution in [2.75, 3.05) is 13.2 Å². The zero-order valence-corrected chi connectivity index (χ0v) is 15.4. The molecule has 24 heavy (non-hydrogen) atoms. The van der Waals surface area contributed by atoms with Crippen LogP contribution in [-0.4, -0.2) is 24.0 Å². The molecule has 0 unspecified atom stereocenters. The SMILES string of the molecule is CCCCOC(=O)[C@H](c1ccccc1Cl)N1CCc2sccc2C1. The molecule has 0 fully saturated rings. The Hall–Kier alpha value is -1.36. The van der Waals surface area contributed by atoms with Crippen molar-refractivity contribution in [2.24, 2.45) is 0 Å². The molecule has 1 aromatic heterocycles. The van der Waals surface area contributed by atoms with Crippen molar-refractivity contribution in [3.63, 3.8) is 0 Å². The van der Waals surface area contributed by atoms with E-state index < -0.39 is 6.04 Å². The van der Waals surface area contributed by atoms with E-state index in [0.717, 1.165) is 37.9 Å². The molecule has 0 aliphatic carbocycles. The van der Waals surface area contributed by atoms with E-state index in [0.29, 0.717) is 11.6 Å². The summed E-state index contributed by atoms with van der Waals surface area (Å²) in [6.45, 7) is 4.15. The summed E-state index contributed by atoms with van der Waals surface area (Å²) in [4.78, 5) is 16.4. The fourth-order valence-electron chi connectivity index (χ4n) is 3.06. The van der Waals surface area contributed by atoms with Gasteiger partial charge in [-0.25, -0.2) is 4.79 Å². The zero-order valence-electron chi connectivity index (χ0n) is 13.8. The first-order valence-corrected chi connectivity index (χ1v) is 9.66. The number of rotatable bonds is 6. The van der Waals surface area contributed by atoms with Crippen LogP contribution in [0.15, 0.2) is 35.7 Å². The van der Waals surface area contributed by atoms with Gasteiger partial charge in [0.15, 0.2) is 0 Å². The fourth-order valence-corrected chi connectivity index (χ4v) is 4.19. The molecule has 0 spiro atoms. The van der Waals surface area contributed by atoms with Crippen LogP contribution in [0.2, 0.25) is 5.02 Å². The van der Waals surface area contributed by atoms with Crippen molar-refractivity contribution in [2.45, 2.75) is 38.8 Å². The van der Waals surface area contributed by atoms with Gasteiger partial charge in [-0.2, -0.15) is 0 Å². The maximum atomic E-state index is 12.8. The van der Waals surface area contributed by atoms with Gasteiger partial charge in [0.1, 0.15) is 6.04 Å². The monoisotopic (exact) mass is 363 g/mol. The van der Waals surface area contributed by atoms with E-state index in [-0.39, 0.29) is 5.97 Å². The number of thiophene rings is 1. The van der Waals surface area contributed by atoms with E-state index in [1.807, 2.05) is 24.3 Å². The molecule has 2 heterocycles. The van der Waals surface area contributed by atoms with Crippen LogP contribution in [0.1, 0.15) is 41.8 Å². The third kappa shape index (κ3) is 3.82. The Labute approximate surface area is 152 Å². The minimum Gasteiger partial charge on any atom is -0.464 e. The summed E-state index contributed by atoms with van der Waals surface area (Å²) in [6, 6.07) is 9.29. The number of halogens is 1. The van der Waals surface area contributed by atoms with Crippen LogP contribution in [0.4, 0.5) is 0 Å². The van der Waals surface area contributed by atoms with Crippen LogP contribution in [0.5, 0.6) is 0 Å². The van der Waals surface area contributed by atoms with Gasteiger partial charge >= 0.3 is 5.97 Å². The summed E-state index contributed by atoms with van der Waals surface area (Å²) < 4.78 is 5.54. The number of unbranched alkanes of at least 4 members (excludes halogenated alkanes) is 1. The largest absolute Gasteiger partial charge is 0.464 e. The fraction of sp³-hybridized carbons (Fsp3) is 0.421. The van der Waals surface area contributed by atoms with E-state index in [1.165, 1.54) is 10.4 Å². The van der Waals surface area contributed by atoms with Gasteiger partial charge < -0.3 is 4.74 Å². The lowest BCUT2D eigenvalue weighted by Gasteiger charge is -2.33. The predicted octanol–water partition coefficient (Wildman–Crippen LogP) is 4.84. The molecule has 1 atom stereocenters. The minimum absolute atomic E-state index is 0.199. The Morgan fingerprint density at radius 1 is 1.38 bits per heavy atom. The smallest absolute Gasteiger partial charge is 0.328 e.